The Labute approximate surface area is 131 Å². The van der Waals surface area contributed by atoms with Crippen molar-refractivity contribution in [1.82, 2.24) is 14.5 Å². The van der Waals surface area contributed by atoms with Gasteiger partial charge in [-0.25, -0.2) is 9.97 Å². The van der Waals surface area contributed by atoms with E-state index in [1.54, 1.807) is 24.6 Å². The number of para-hydroxylation sites is 2. The molecule has 0 atom stereocenters. The molecular formula is C17H13N3OS. The number of rotatable bonds is 3. The number of hydrogen-bond acceptors (Lipinski definition) is 4. The van der Waals surface area contributed by atoms with Crippen LogP contribution in [0.2, 0.25) is 0 Å². The Hall–Kier alpha value is -2.66. The molecule has 2 aromatic heterocycles. The summed E-state index contributed by atoms with van der Waals surface area (Å²) in [6.07, 6.45) is 3.62. The molecule has 0 aliphatic rings. The van der Waals surface area contributed by atoms with E-state index in [-0.39, 0.29) is 0 Å². The molecule has 0 unspecified atom stereocenters. The van der Waals surface area contributed by atoms with Crippen LogP contribution in [0.4, 0.5) is 0 Å². The third-order valence-electron chi connectivity index (χ3n) is 3.60. The van der Waals surface area contributed by atoms with E-state index < -0.39 is 0 Å². The monoisotopic (exact) mass is 307 g/mol. The summed E-state index contributed by atoms with van der Waals surface area (Å²) in [5.41, 5.74) is 4.09. The van der Waals surface area contributed by atoms with Crippen LogP contribution in [0.3, 0.4) is 0 Å². The van der Waals surface area contributed by atoms with E-state index >= 15 is 0 Å². The minimum absolute atomic E-state index is 0.846. The Bertz CT molecular complexity index is 928. The zero-order valence-corrected chi connectivity index (χ0v) is 12.7. The van der Waals surface area contributed by atoms with Gasteiger partial charge in [-0.2, -0.15) is 0 Å². The minimum atomic E-state index is 0.846. The van der Waals surface area contributed by atoms with Crippen LogP contribution in [0.15, 0.2) is 60.4 Å². The molecule has 2 heterocycles. The Morgan fingerprint density at radius 3 is 2.68 bits per heavy atom. The smallest absolute Gasteiger partial charge is 0.195 e. The van der Waals surface area contributed by atoms with Crippen molar-refractivity contribution in [2.45, 2.75) is 0 Å². The number of nitrogens with zero attached hydrogens (tertiary/aromatic N) is 3. The van der Waals surface area contributed by atoms with Gasteiger partial charge in [-0.05, 0) is 12.1 Å². The molecule has 0 aliphatic carbocycles. The third-order valence-corrected chi connectivity index (χ3v) is 4.37. The summed E-state index contributed by atoms with van der Waals surface area (Å²) >= 11 is 1.59. The van der Waals surface area contributed by atoms with Gasteiger partial charge in [0.1, 0.15) is 12.1 Å². The molecule has 4 nitrogen and oxygen atoms in total. The van der Waals surface area contributed by atoms with Crippen molar-refractivity contribution >= 4 is 22.4 Å². The van der Waals surface area contributed by atoms with Crippen LogP contribution in [0.1, 0.15) is 0 Å². The third kappa shape index (κ3) is 1.98. The van der Waals surface area contributed by atoms with Crippen molar-refractivity contribution in [2.75, 3.05) is 7.11 Å². The van der Waals surface area contributed by atoms with Crippen LogP contribution < -0.4 is 4.74 Å². The highest BCUT2D eigenvalue weighted by Crippen LogP contribution is 2.34. The molecule has 0 fully saturated rings. The number of hydrogen-bond donors (Lipinski definition) is 0. The summed E-state index contributed by atoms with van der Waals surface area (Å²) < 4.78 is 7.50. The Morgan fingerprint density at radius 1 is 1.00 bits per heavy atom. The lowest BCUT2D eigenvalue weighted by Crippen LogP contribution is -1.91. The van der Waals surface area contributed by atoms with Gasteiger partial charge in [-0.15, -0.1) is 11.3 Å². The van der Waals surface area contributed by atoms with Gasteiger partial charge in [-0.1, -0.05) is 30.3 Å². The van der Waals surface area contributed by atoms with E-state index in [0.717, 1.165) is 33.0 Å². The predicted octanol–water partition coefficient (Wildman–Crippen LogP) is 4.16. The molecule has 22 heavy (non-hydrogen) atoms. The molecule has 0 radical (unpaired) electrons. The molecule has 0 bridgehead atoms. The van der Waals surface area contributed by atoms with Crippen LogP contribution in [-0.4, -0.2) is 21.6 Å². The quantitative estimate of drug-likeness (QED) is 0.570. The number of fused-ring (bicyclic) bond motifs is 1. The normalized spacial score (nSPS) is 11.0. The first-order valence-corrected chi connectivity index (χ1v) is 7.76. The Morgan fingerprint density at radius 2 is 1.86 bits per heavy atom. The predicted molar refractivity (Wildman–Crippen MR) is 88.7 cm³/mol. The van der Waals surface area contributed by atoms with Crippen LogP contribution in [0, 0.1) is 0 Å². The van der Waals surface area contributed by atoms with Gasteiger partial charge in [0.2, 0.25) is 0 Å². The molecule has 108 valence electrons. The Kier molecular flexibility index (Phi) is 3.12. The number of methoxy groups -OCH3 is 1. The van der Waals surface area contributed by atoms with Gasteiger partial charge in [0.15, 0.2) is 5.13 Å². The largest absolute Gasteiger partial charge is 0.496 e. The van der Waals surface area contributed by atoms with Gasteiger partial charge >= 0.3 is 0 Å². The summed E-state index contributed by atoms with van der Waals surface area (Å²) in [6.45, 7) is 0. The number of aromatic nitrogens is 3. The van der Waals surface area contributed by atoms with Gasteiger partial charge in [0, 0.05) is 22.7 Å². The standard InChI is InChI=1S/C17H13N3OS/c1-21-15-8-3-2-5-12(15)13-6-4-7-14-16(13)19-11-20(14)17-18-9-10-22-17/h2-11H,1H3. The molecule has 0 spiro atoms. The van der Waals surface area contributed by atoms with E-state index in [9.17, 15) is 0 Å². The molecular weight excluding hydrogens is 294 g/mol. The van der Waals surface area contributed by atoms with Crippen molar-refractivity contribution in [3.63, 3.8) is 0 Å². The fraction of sp³-hybridized carbons (Fsp3) is 0.0588. The van der Waals surface area contributed by atoms with Crippen molar-refractivity contribution in [3.05, 3.63) is 60.4 Å². The summed E-state index contributed by atoms with van der Waals surface area (Å²) in [5.74, 6) is 0.846. The van der Waals surface area contributed by atoms with E-state index in [0.29, 0.717) is 0 Å². The number of imidazole rings is 1. The average molecular weight is 307 g/mol. The van der Waals surface area contributed by atoms with Crippen molar-refractivity contribution in [3.8, 4) is 22.0 Å². The van der Waals surface area contributed by atoms with Crippen LogP contribution in [-0.2, 0) is 0 Å². The van der Waals surface area contributed by atoms with Gasteiger partial charge in [0.05, 0.1) is 18.1 Å². The highest BCUT2D eigenvalue weighted by molar-refractivity contribution is 7.12. The lowest BCUT2D eigenvalue weighted by atomic mass is 10.0. The summed E-state index contributed by atoms with van der Waals surface area (Å²) in [5, 5.41) is 2.88. The SMILES string of the molecule is COc1ccccc1-c1cccc2c1ncn2-c1nccs1. The van der Waals surface area contributed by atoms with E-state index in [1.807, 2.05) is 40.5 Å². The lowest BCUT2D eigenvalue weighted by Gasteiger charge is -2.09. The minimum Gasteiger partial charge on any atom is -0.496 e. The first kappa shape index (κ1) is 13.0. The maximum atomic E-state index is 5.48. The van der Waals surface area contributed by atoms with E-state index in [2.05, 4.69) is 28.2 Å². The number of thiazole rings is 1. The molecule has 0 amide bonds. The molecule has 0 saturated heterocycles. The van der Waals surface area contributed by atoms with Gasteiger partial charge in [0.25, 0.3) is 0 Å². The zero-order valence-electron chi connectivity index (χ0n) is 11.9. The molecule has 5 heteroatoms. The second-order valence-corrected chi connectivity index (χ2v) is 5.68. The molecule has 4 aromatic rings. The number of ether oxygens (including phenoxy) is 1. The summed E-state index contributed by atoms with van der Waals surface area (Å²) in [7, 11) is 1.69. The Balaban J connectivity index is 1.97. The maximum absolute atomic E-state index is 5.48. The molecule has 0 aliphatic heterocycles. The fourth-order valence-electron chi connectivity index (χ4n) is 2.61. The molecule has 4 rings (SSSR count). The van der Waals surface area contributed by atoms with Crippen LogP contribution >= 0.6 is 11.3 Å². The number of benzene rings is 2. The first-order chi connectivity index (χ1) is 10.9. The fourth-order valence-corrected chi connectivity index (χ4v) is 3.24. The summed E-state index contributed by atoms with van der Waals surface area (Å²) in [6, 6.07) is 14.2. The van der Waals surface area contributed by atoms with Crippen molar-refractivity contribution in [1.29, 1.82) is 0 Å². The lowest BCUT2D eigenvalue weighted by molar-refractivity contribution is 0.416. The zero-order chi connectivity index (χ0) is 14.9. The topological polar surface area (TPSA) is 39.9 Å². The van der Waals surface area contributed by atoms with Gasteiger partial charge < -0.3 is 4.74 Å². The average Bonchev–Trinajstić information content (AvgIpc) is 3.23. The molecule has 0 saturated carbocycles. The highest BCUT2D eigenvalue weighted by atomic mass is 32.1. The molecule has 0 N–H and O–H groups in total. The summed E-state index contributed by atoms with van der Waals surface area (Å²) in [4.78, 5) is 8.96. The molecule has 2 aromatic carbocycles. The first-order valence-electron chi connectivity index (χ1n) is 6.88. The van der Waals surface area contributed by atoms with Crippen LogP contribution in [0.5, 0.6) is 5.75 Å². The van der Waals surface area contributed by atoms with E-state index in [1.165, 1.54) is 0 Å². The maximum Gasteiger partial charge on any atom is 0.195 e. The highest BCUT2D eigenvalue weighted by Gasteiger charge is 2.13. The van der Waals surface area contributed by atoms with Crippen LogP contribution in [0.25, 0.3) is 27.3 Å². The van der Waals surface area contributed by atoms with Crippen molar-refractivity contribution in [2.24, 2.45) is 0 Å². The second-order valence-electron chi connectivity index (χ2n) is 4.80. The van der Waals surface area contributed by atoms with Crippen molar-refractivity contribution < 1.29 is 4.74 Å². The van der Waals surface area contributed by atoms with E-state index in [4.69, 9.17) is 4.74 Å². The second kappa shape index (κ2) is 5.27. The van der Waals surface area contributed by atoms with Gasteiger partial charge in [-0.3, -0.25) is 4.57 Å².